The average Bonchev–Trinajstić information content (AvgIpc) is 2.68. The first kappa shape index (κ1) is 13.5. The SMILES string of the molecule is CCCOCCc1nc(C(=O)O)c(OCC)o1. The maximum atomic E-state index is 10.9. The van der Waals surface area contributed by atoms with Crippen molar-refractivity contribution in [2.45, 2.75) is 26.7 Å². The van der Waals surface area contributed by atoms with Crippen LogP contribution in [0.2, 0.25) is 0 Å². The Kier molecular flexibility index (Phi) is 5.48. The molecule has 1 aromatic rings. The molecule has 1 aromatic heterocycles. The molecule has 0 aromatic carbocycles. The molecule has 0 aliphatic heterocycles. The van der Waals surface area contributed by atoms with Crippen LogP contribution < -0.4 is 4.74 Å². The molecule has 0 aliphatic rings. The topological polar surface area (TPSA) is 81.8 Å². The van der Waals surface area contributed by atoms with Gasteiger partial charge in [0.1, 0.15) is 0 Å². The van der Waals surface area contributed by atoms with Crippen molar-refractivity contribution in [1.82, 2.24) is 4.98 Å². The predicted octanol–water partition coefficient (Wildman–Crippen LogP) is 1.74. The molecule has 0 saturated heterocycles. The number of aromatic carboxylic acids is 1. The van der Waals surface area contributed by atoms with Gasteiger partial charge in [0.15, 0.2) is 0 Å². The average molecular weight is 243 g/mol. The lowest BCUT2D eigenvalue weighted by Crippen LogP contribution is -2.02. The third kappa shape index (κ3) is 4.07. The number of hydrogen-bond acceptors (Lipinski definition) is 5. The van der Waals surface area contributed by atoms with Gasteiger partial charge in [-0.1, -0.05) is 6.92 Å². The van der Waals surface area contributed by atoms with Gasteiger partial charge in [0, 0.05) is 13.0 Å². The Hall–Kier alpha value is -1.56. The van der Waals surface area contributed by atoms with Crippen LogP contribution in [-0.4, -0.2) is 35.9 Å². The van der Waals surface area contributed by atoms with Crippen molar-refractivity contribution >= 4 is 5.97 Å². The Bertz CT molecular complexity index is 361. The third-order valence-electron chi connectivity index (χ3n) is 1.93. The van der Waals surface area contributed by atoms with Gasteiger partial charge in [-0.05, 0) is 13.3 Å². The summed E-state index contributed by atoms with van der Waals surface area (Å²) in [5.41, 5.74) is -0.183. The second-order valence-electron chi connectivity index (χ2n) is 3.34. The zero-order chi connectivity index (χ0) is 12.7. The lowest BCUT2D eigenvalue weighted by Gasteiger charge is -1.99. The Morgan fingerprint density at radius 1 is 1.41 bits per heavy atom. The van der Waals surface area contributed by atoms with E-state index in [-0.39, 0.29) is 11.6 Å². The van der Waals surface area contributed by atoms with E-state index in [1.165, 1.54) is 0 Å². The third-order valence-corrected chi connectivity index (χ3v) is 1.93. The zero-order valence-electron chi connectivity index (χ0n) is 10.1. The molecule has 0 spiro atoms. The first-order chi connectivity index (χ1) is 8.19. The van der Waals surface area contributed by atoms with Crippen LogP contribution in [0.1, 0.15) is 36.6 Å². The van der Waals surface area contributed by atoms with Crippen molar-refractivity contribution in [3.05, 3.63) is 11.6 Å². The summed E-state index contributed by atoms with van der Waals surface area (Å²) in [6.45, 7) is 5.23. The van der Waals surface area contributed by atoms with Crippen molar-refractivity contribution in [3.63, 3.8) is 0 Å². The van der Waals surface area contributed by atoms with E-state index in [0.29, 0.717) is 32.1 Å². The van der Waals surface area contributed by atoms with Crippen LogP contribution in [-0.2, 0) is 11.2 Å². The van der Waals surface area contributed by atoms with Gasteiger partial charge in [0.25, 0.3) is 0 Å². The number of hydrogen-bond donors (Lipinski definition) is 1. The van der Waals surface area contributed by atoms with Crippen molar-refractivity contribution in [1.29, 1.82) is 0 Å². The molecule has 0 amide bonds. The van der Waals surface area contributed by atoms with Crippen LogP contribution in [0.5, 0.6) is 5.95 Å². The molecule has 0 bridgehead atoms. The fourth-order valence-electron chi connectivity index (χ4n) is 1.23. The highest BCUT2D eigenvalue weighted by atomic mass is 16.6. The highest BCUT2D eigenvalue weighted by Crippen LogP contribution is 2.20. The van der Waals surface area contributed by atoms with Gasteiger partial charge in [-0.15, -0.1) is 0 Å². The van der Waals surface area contributed by atoms with E-state index < -0.39 is 5.97 Å². The van der Waals surface area contributed by atoms with E-state index in [9.17, 15) is 4.79 Å². The first-order valence-electron chi connectivity index (χ1n) is 5.62. The summed E-state index contributed by atoms with van der Waals surface area (Å²) >= 11 is 0. The minimum absolute atomic E-state index is 0.0366. The first-order valence-corrected chi connectivity index (χ1v) is 5.62. The summed E-state index contributed by atoms with van der Waals surface area (Å²) in [6, 6.07) is 0. The van der Waals surface area contributed by atoms with Gasteiger partial charge >= 0.3 is 11.9 Å². The molecular formula is C11H17NO5. The molecule has 0 unspecified atom stereocenters. The summed E-state index contributed by atoms with van der Waals surface area (Å²) in [6.07, 6.45) is 1.38. The highest BCUT2D eigenvalue weighted by molar-refractivity contribution is 5.87. The summed E-state index contributed by atoms with van der Waals surface area (Å²) in [5.74, 6) is -0.870. The van der Waals surface area contributed by atoms with E-state index in [1.807, 2.05) is 6.92 Å². The largest absolute Gasteiger partial charge is 0.476 e. The molecule has 1 heterocycles. The normalized spacial score (nSPS) is 10.5. The molecule has 17 heavy (non-hydrogen) atoms. The van der Waals surface area contributed by atoms with E-state index in [1.54, 1.807) is 6.92 Å². The molecule has 6 nitrogen and oxygen atoms in total. The second-order valence-corrected chi connectivity index (χ2v) is 3.34. The van der Waals surface area contributed by atoms with Crippen LogP contribution in [0.25, 0.3) is 0 Å². The van der Waals surface area contributed by atoms with E-state index in [4.69, 9.17) is 19.0 Å². The number of rotatable bonds is 8. The molecule has 0 radical (unpaired) electrons. The lowest BCUT2D eigenvalue weighted by molar-refractivity contribution is 0.0683. The quantitative estimate of drug-likeness (QED) is 0.700. The van der Waals surface area contributed by atoms with Gasteiger partial charge in [-0.25, -0.2) is 9.78 Å². The van der Waals surface area contributed by atoms with Gasteiger partial charge in [0.2, 0.25) is 11.6 Å². The van der Waals surface area contributed by atoms with Crippen molar-refractivity contribution in [2.24, 2.45) is 0 Å². The monoisotopic (exact) mass is 243 g/mol. The number of carboxylic acids is 1. The molecule has 0 aliphatic carbocycles. The maximum absolute atomic E-state index is 10.9. The Morgan fingerprint density at radius 2 is 2.18 bits per heavy atom. The van der Waals surface area contributed by atoms with Crippen LogP contribution in [0.4, 0.5) is 0 Å². The van der Waals surface area contributed by atoms with Crippen LogP contribution in [0.15, 0.2) is 4.42 Å². The molecule has 6 heteroatoms. The molecular weight excluding hydrogens is 226 g/mol. The molecule has 0 saturated carbocycles. The standard InChI is InChI=1S/C11H17NO5/c1-3-6-15-7-5-8-12-9(10(13)14)11(17-8)16-4-2/h3-7H2,1-2H3,(H,13,14). The summed E-state index contributed by atoms with van der Waals surface area (Å²) in [4.78, 5) is 14.7. The Balaban J connectivity index is 2.61. The summed E-state index contributed by atoms with van der Waals surface area (Å²) < 4.78 is 15.5. The highest BCUT2D eigenvalue weighted by Gasteiger charge is 2.20. The minimum Gasteiger partial charge on any atom is -0.476 e. The predicted molar refractivity (Wildman–Crippen MR) is 59.4 cm³/mol. The van der Waals surface area contributed by atoms with Crippen molar-refractivity contribution in [2.75, 3.05) is 19.8 Å². The van der Waals surface area contributed by atoms with E-state index in [0.717, 1.165) is 6.42 Å². The maximum Gasteiger partial charge on any atom is 0.362 e. The smallest absolute Gasteiger partial charge is 0.362 e. The number of nitrogens with zero attached hydrogens (tertiary/aromatic N) is 1. The Morgan fingerprint density at radius 3 is 2.76 bits per heavy atom. The number of ether oxygens (including phenoxy) is 2. The van der Waals surface area contributed by atoms with E-state index >= 15 is 0 Å². The fraction of sp³-hybridized carbons (Fsp3) is 0.636. The molecule has 1 N–H and O–H groups in total. The van der Waals surface area contributed by atoms with Crippen molar-refractivity contribution < 1.29 is 23.8 Å². The molecule has 96 valence electrons. The summed E-state index contributed by atoms with van der Waals surface area (Å²) in [7, 11) is 0. The van der Waals surface area contributed by atoms with Gasteiger partial charge in [-0.3, -0.25) is 0 Å². The van der Waals surface area contributed by atoms with Crippen molar-refractivity contribution in [3.8, 4) is 5.95 Å². The zero-order valence-corrected chi connectivity index (χ0v) is 10.1. The molecule has 0 fully saturated rings. The van der Waals surface area contributed by atoms with Crippen LogP contribution in [0, 0.1) is 0 Å². The van der Waals surface area contributed by atoms with Gasteiger partial charge in [-0.2, -0.15) is 0 Å². The number of carbonyl (C=O) groups is 1. The lowest BCUT2D eigenvalue weighted by atomic mass is 10.4. The number of carboxylic acid groups (broad SMARTS) is 1. The molecule has 0 atom stereocenters. The molecule has 1 rings (SSSR count). The van der Waals surface area contributed by atoms with Gasteiger partial charge < -0.3 is 19.0 Å². The Labute approximate surface area is 99.5 Å². The van der Waals surface area contributed by atoms with Crippen LogP contribution in [0.3, 0.4) is 0 Å². The fourth-order valence-corrected chi connectivity index (χ4v) is 1.23. The van der Waals surface area contributed by atoms with E-state index in [2.05, 4.69) is 4.98 Å². The second kappa shape index (κ2) is 6.90. The van der Waals surface area contributed by atoms with Gasteiger partial charge in [0.05, 0.1) is 13.2 Å². The summed E-state index contributed by atoms with van der Waals surface area (Å²) in [5, 5.41) is 8.88. The number of oxazole rings is 1. The van der Waals surface area contributed by atoms with Crippen LogP contribution >= 0.6 is 0 Å². The minimum atomic E-state index is -1.15. The number of aromatic nitrogens is 1.